The van der Waals surface area contributed by atoms with Crippen LogP contribution < -0.4 is 0 Å². The highest BCUT2D eigenvalue weighted by molar-refractivity contribution is 6.08. The minimum atomic E-state index is -4.36. The van der Waals surface area contributed by atoms with E-state index in [0.717, 1.165) is 67.3 Å². The van der Waals surface area contributed by atoms with Gasteiger partial charge < -0.3 is 4.42 Å². The zero-order valence-corrected chi connectivity index (χ0v) is 20.3. The van der Waals surface area contributed by atoms with E-state index in [1.807, 2.05) is 72.9 Å². The van der Waals surface area contributed by atoms with Crippen molar-refractivity contribution in [3.63, 3.8) is 0 Å². The smallest absolute Gasteiger partial charge is 0.416 e. The molecule has 7 heteroatoms. The Morgan fingerprint density at radius 1 is 0.615 bits per heavy atom. The van der Waals surface area contributed by atoms with E-state index in [2.05, 4.69) is 9.97 Å². The molecule has 0 N–H and O–H groups in total. The molecule has 39 heavy (non-hydrogen) atoms. The van der Waals surface area contributed by atoms with Crippen molar-refractivity contribution >= 4 is 33.0 Å². The van der Waals surface area contributed by atoms with Crippen LogP contribution in [0, 0.1) is 0 Å². The summed E-state index contributed by atoms with van der Waals surface area (Å²) in [5, 5.41) is 2.89. The van der Waals surface area contributed by atoms with Crippen molar-refractivity contribution in [3.05, 3.63) is 115 Å². The summed E-state index contributed by atoms with van der Waals surface area (Å²) in [6.45, 7) is 0. The fourth-order valence-electron chi connectivity index (χ4n) is 4.87. The molecule has 188 valence electrons. The van der Waals surface area contributed by atoms with Crippen molar-refractivity contribution in [1.29, 1.82) is 0 Å². The lowest BCUT2D eigenvalue weighted by molar-refractivity contribution is -0.137. The maximum Gasteiger partial charge on any atom is 0.416 e. The molecule has 0 aliphatic carbocycles. The summed E-state index contributed by atoms with van der Waals surface area (Å²) in [5.74, 6) is 0. The number of aromatic nitrogens is 3. The molecule has 4 nitrogen and oxygen atoms in total. The number of para-hydroxylation sites is 1. The molecule has 4 heterocycles. The molecule has 0 amide bonds. The van der Waals surface area contributed by atoms with E-state index < -0.39 is 11.7 Å². The molecule has 0 aliphatic rings. The summed E-state index contributed by atoms with van der Waals surface area (Å²) in [6, 6.07) is 26.7. The summed E-state index contributed by atoms with van der Waals surface area (Å²) < 4.78 is 44.7. The third kappa shape index (κ3) is 4.08. The van der Waals surface area contributed by atoms with E-state index in [4.69, 9.17) is 9.40 Å². The van der Waals surface area contributed by atoms with Crippen LogP contribution in [0.3, 0.4) is 0 Å². The van der Waals surface area contributed by atoms with Crippen molar-refractivity contribution in [1.82, 2.24) is 15.0 Å². The highest BCUT2D eigenvalue weighted by Crippen LogP contribution is 2.35. The van der Waals surface area contributed by atoms with Crippen molar-refractivity contribution in [3.8, 4) is 33.5 Å². The van der Waals surface area contributed by atoms with E-state index >= 15 is 0 Å². The molecule has 0 radical (unpaired) electrons. The Kier molecular flexibility index (Phi) is 5.20. The monoisotopic (exact) mass is 517 g/mol. The van der Waals surface area contributed by atoms with E-state index in [1.54, 1.807) is 12.4 Å². The first kappa shape index (κ1) is 23.1. The fourth-order valence-corrected chi connectivity index (χ4v) is 4.87. The maximum atomic E-state index is 12.9. The molecule has 0 spiro atoms. The van der Waals surface area contributed by atoms with Crippen LogP contribution in [0.15, 0.2) is 114 Å². The van der Waals surface area contributed by atoms with Gasteiger partial charge in [-0.25, -0.2) is 4.98 Å². The van der Waals surface area contributed by atoms with E-state index in [9.17, 15) is 13.2 Å². The first-order valence-corrected chi connectivity index (χ1v) is 12.2. The largest absolute Gasteiger partial charge is 0.437 e. The lowest BCUT2D eigenvalue weighted by Crippen LogP contribution is -2.03. The summed E-state index contributed by atoms with van der Waals surface area (Å²) in [4.78, 5) is 13.7. The van der Waals surface area contributed by atoms with Crippen molar-refractivity contribution in [2.75, 3.05) is 0 Å². The van der Waals surface area contributed by atoms with Gasteiger partial charge in [-0.2, -0.15) is 13.2 Å². The molecule has 0 fully saturated rings. The van der Waals surface area contributed by atoms with E-state index in [0.29, 0.717) is 11.3 Å². The van der Waals surface area contributed by atoms with Crippen LogP contribution >= 0.6 is 0 Å². The molecular weight excluding hydrogens is 499 g/mol. The Morgan fingerprint density at radius 2 is 1.38 bits per heavy atom. The lowest BCUT2D eigenvalue weighted by Gasteiger charge is -2.09. The number of nitrogens with zero attached hydrogens (tertiary/aromatic N) is 3. The number of hydrogen-bond acceptors (Lipinski definition) is 4. The number of halogens is 3. The second-order valence-electron chi connectivity index (χ2n) is 9.28. The number of hydrogen-bond donors (Lipinski definition) is 0. The van der Waals surface area contributed by atoms with Crippen LogP contribution in [0.2, 0.25) is 0 Å². The predicted molar refractivity (Wildman–Crippen MR) is 146 cm³/mol. The lowest BCUT2D eigenvalue weighted by atomic mass is 10.0. The third-order valence-corrected chi connectivity index (χ3v) is 6.88. The molecule has 3 aromatic carbocycles. The summed E-state index contributed by atoms with van der Waals surface area (Å²) in [5.41, 5.74) is 6.45. The SMILES string of the molecule is FC(F)(F)c1ccc(-c2ccc3cc(-c4ccc(-c5cccc6c5oc5ncccc56)nc4)cnc3c2)cc1. The molecule has 0 aliphatic heterocycles. The van der Waals surface area contributed by atoms with Gasteiger partial charge in [0.2, 0.25) is 5.71 Å². The summed E-state index contributed by atoms with van der Waals surface area (Å²) in [6.07, 6.45) is 0.950. The van der Waals surface area contributed by atoms with Gasteiger partial charge in [-0.05, 0) is 59.7 Å². The minimum Gasteiger partial charge on any atom is -0.437 e. The average Bonchev–Trinajstić information content (AvgIpc) is 3.35. The van der Waals surface area contributed by atoms with Gasteiger partial charge in [0.25, 0.3) is 0 Å². The molecule has 0 saturated carbocycles. The van der Waals surface area contributed by atoms with Gasteiger partial charge in [0.1, 0.15) is 5.58 Å². The van der Waals surface area contributed by atoms with E-state index in [1.165, 1.54) is 12.1 Å². The van der Waals surface area contributed by atoms with E-state index in [-0.39, 0.29) is 0 Å². The normalized spacial score (nSPS) is 12.0. The van der Waals surface area contributed by atoms with Gasteiger partial charge >= 0.3 is 6.18 Å². The first-order chi connectivity index (χ1) is 18.9. The Balaban J connectivity index is 1.19. The van der Waals surface area contributed by atoms with Crippen LogP contribution in [-0.2, 0) is 6.18 Å². The summed E-state index contributed by atoms with van der Waals surface area (Å²) in [7, 11) is 0. The minimum absolute atomic E-state index is 0.597. The van der Waals surface area contributed by atoms with Crippen LogP contribution in [-0.4, -0.2) is 15.0 Å². The van der Waals surface area contributed by atoms with Gasteiger partial charge in [0.05, 0.1) is 16.8 Å². The highest BCUT2D eigenvalue weighted by Gasteiger charge is 2.30. The van der Waals surface area contributed by atoms with Gasteiger partial charge in [-0.15, -0.1) is 0 Å². The van der Waals surface area contributed by atoms with Crippen LogP contribution in [0.5, 0.6) is 0 Å². The fraction of sp³-hybridized carbons (Fsp3) is 0.0312. The van der Waals surface area contributed by atoms with Crippen LogP contribution in [0.25, 0.3) is 66.5 Å². The Hall–Kier alpha value is -5.04. The third-order valence-electron chi connectivity index (χ3n) is 6.88. The summed E-state index contributed by atoms with van der Waals surface area (Å²) >= 11 is 0. The van der Waals surface area contributed by atoms with Gasteiger partial charge in [0.15, 0.2) is 0 Å². The highest BCUT2D eigenvalue weighted by atomic mass is 19.4. The molecule has 7 rings (SSSR count). The maximum absolute atomic E-state index is 12.9. The molecular formula is C32H18F3N3O. The molecule has 7 aromatic rings. The quantitative estimate of drug-likeness (QED) is 0.235. The topological polar surface area (TPSA) is 51.8 Å². The zero-order chi connectivity index (χ0) is 26.6. The van der Waals surface area contributed by atoms with Gasteiger partial charge in [-0.3, -0.25) is 9.97 Å². The number of rotatable bonds is 3. The van der Waals surface area contributed by atoms with Crippen molar-refractivity contribution in [2.45, 2.75) is 6.18 Å². The molecule has 0 unspecified atom stereocenters. The van der Waals surface area contributed by atoms with Crippen molar-refractivity contribution in [2.24, 2.45) is 0 Å². The van der Waals surface area contributed by atoms with Crippen molar-refractivity contribution < 1.29 is 17.6 Å². The van der Waals surface area contributed by atoms with Gasteiger partial charge in [-0.1, -0.05) is 42.5 Å². The average molecular weight is 518 g/mol. The molecule has 0 atom stereocenters. The first-order valence-electron chi connectivity index (χ1n) is 12.2. The second-order valence-corrected chi connectivity index (χ2v) is 9.28. The number of benzene rings is 3. The molecule has 0 saturated heterocycles. The zero-order valence-electron chi connectivity index (χ0n) is 20.3. The Bertz CT molecular complexity index is 1990. The Morgan fingerprint density at radius 3 is 2.18 bits per heavy atom. The number of furan rings is 1. The molecule has 4 aromatic heterocycles. The molecule has 0 bridgehead atoms. The predicted octanol–water partition coefficient (Wildman–Crippen LogP) is 8.94. The number of alkyl halides is 3. The number of pyridine rings is 3. The standard InChI is InChI=1S/C32H18F3N3O/c33-32(34,35)24-11-8-19(9-12-24)20-6-7-21-15-23(18-38-29(21)16-20)22-10-13-28(37-17-22)27-4-1-3-25-26-5-2-14-36-31(26)39-30(25)27/h1-18H. The second kappa shape index (κ2) is 8.77. The Labute approximate surface area is 220 Å². The van der Waals surface area contributed by atoms with Crippen LogP contribution in [0.4, 0.5) is 13.2 Å². The van der Waals surface area contributed by atoms with Crippen LogP contribution in [0.1, 0.15) is 5.56 Å². The van der Waals surface area contributed by atoms with Gasteiger partial charge in [0, 0.05) is 51.4 Å². The number of fused-ring (bicyclic) bond motifs is 4.